The van der Waals surface area contributed by atoms with E-state index in [1.807, 2.05) is 0 Å². The van der Waals surface area contributed by atoms with E-state index in [0.717, 1.165) is 18.2 Å². The summed E-state index contributed by atoms with van der Waals surface area (Å²) in [6, 6.07) is 2.66. The van der Waals surface area contributed by atoms with Gasteiger partial charge in [-0.1, -0.05) is 6.92 Å². The predicted octanol–water partition coefficient (Wildman–Crippen LogP) is 2.96. The molecule has 1 N–H and O–H groups in total. The normalized spacial score (nSPS) is 13.9. The molecule has 0 bridgehead atoms. The lowest BCUT2D eigenvalue weighted by atomic mass is 10.0. The van der Waals surface area contributed by atoms with Gasteiger partial charge < -0.3 is 10.1 Å². The van der Waals surface area contributed by atoms with E-state index in [2.05, 4.69) is 5.32 Å². The molecule has 0 spiro atoms. The van der Waals surface area contributed by atoms with E-state index in [0.29, 0.717) is 13.0 Å². The Bertz CT molecular complexity index is 437. The highest BCUT2D eigenvalue weighted by atomic mass is 19.1. The van der Waals surface area contributed by atoms with E-state index in [1.165, 1.54) is 0 Å². The summed E-state index contributed by atoms with van der Waals surface area (Å²) in [5, 5.41) is 2.66. The first-order valence-electron chi connectivity index (χ1n) is 6.36. The van der Waals surface area contributed by atoms with Crippen LogP contribution in [0.2, 0.25) is 0 Å². The number of benzene rings is 1. The largest absolute Gasteiger partial charge is 0.369 e. The van der Waals surface area contributed by atoms with E-state index in [4.69, 9.17) is 4.74 Å². The van der Waals surface area contributed by atoms with Gasteiger partial charge in [0.15, 0.2) is 0 Å². The van der Waals surface area contributed by atoms with Crippen LogP contribution in [0.4, 0.5) is 8.78 Å². The molecule has 0 fully saturated rings. The van der Waals surface area contributed by atoms with Crippen molar-refractivity contribution < 1.29 is 18.3 Å². The van der Waals surface area contributed by atoms with Gasteiger partial charge in [-0.25, -0.2) is 8.78 Å². The van der Waals surface area contributed by atoms with Crippen molar-refractivity contribution in [3.8, 4) is 0 Å². The maximum Gasteiger partial charge on any atom is 0.249 e. The average molecular weight is 271 g/mol. The second kappa shape index (κ2) is 7.19. The van der Waals surface area contributed by atoms with Gasteiger partial charge in [-0.3, -0.25) is 4.79 Å². The van der Waals surface area contributed by atoms with E-state index >= 15 is 0 Å². The monoisotopic (exact) mass is 271 g/mol. The van der Waals surface area contributed by atoms with Crippen molar-refractivity contribution in [1.29, 1.82) is 0 Å². The average Bonchev–Trinajstić information content (AvgIpc) is 2.39. The van der Waals surface area contributed by atoms with Crippen LogP contribution < -0.4 is 5.32 Å². The lowest BCUT2D eigenvalue weighted by Crippen LogP contribution is -2.37. The minimum Gasteiger partial charge on any atom is -0.369 e. The molecule has 106 valence electrons. The number of hydrogen-bond donors (Lipinski definition) is 1. The summed E-state index contributed by atoms with van der Waals surface area (Å²) in [6.07, 6.45) is -0.152. The number of carbonyl (C=O) groups excluding carboxylic acids is 1. The number of halogens is 2. The molecule has 2 atom stereocenters. The molecule has 1 aromatic rings. The summed E-state index contributed by atoms with van der Waals surface area (Å²) in [5.41, 5.74) is 0.152. The Balaban J connectivity index is 2.83. The fourth-order valence-corrected chi connectivity index (χ4v) is 1.80. The highest BCUT2D eigenvalue weighted by molar-refractivity contribution is 5.80. The standard InChI is InChI=1S/C14H19F2NO2/c1-4-13(17-14(18)9(3)19-5-2)11-8-10(15)6-7-12(11)16/h6-9,13H,4-5H2,1-3H3,(H,17,18)/t9-,13-/m1/s1. The third-order valence-corrected chi connectivity index (χ3v) is 2.84. The van der Waals surface area contributed by atoms with Crippen LogP contribution in [-0.4, -0.2) is 18.6 Å². The van der Waals surface area contributed by atoms with Gasteiger partial charge >= 0.3 is 0 Å². The molecule has 0 aliphatic carbocycles. The summed E-state index contributed by atoms with van der Waals surface area (Å²) in [7, 11) is 0. The Hall–Kier alpha value is -1.49. The second-order valence-electron chi connectivity index (χ2n) is 4.23. The van der Waals surface area contributed by atoms with Crippen LogP contribution >= 0.6 is 0 Å². The van der Waals surface area contributed by atoms with Gasteiger partial charge in [0.1, 0.15) is 17.7 Å². The number of carbonyl (C=O) groups is 1. The summed E-state index contributed by atoms with van der Waals surface area (Å²) >= 11 is 0. The van der Waals surface area contributed by atoms with Crippen molar-refractivity contribution >= 4 is 5.91 Å². The van der Waals surface area contributed by atoms with Crippen LogP contribution in [0.15, 0.2) is 18.2 Å². The van der Waals surface area contributed by atoms with Crippen molar-refractivity contribution in [2.24, 2.45) is 0 Å². The van der Waals surface area contributed by atoms with Gasteiger partial charge in [0, 0.05) is 12.2 Å². The Labute approximate surface area is 112 Å². The van der Waals surface area contributed by atoms with Gasteiger partial charge in [-0.15, -0.1) is 0 Å². The zero-order valence-electron chi connectivity index (χ0n) is 11.4. The highest BCUT2D eigenvalue weighted by Gasteiger charge is 2.20. The van der Waals surface area contributed by atoms with E-state index in [9.17, 15) is 13.6 Å². The minimum atomic E-state index is -0.615. The molecule has 0 unspecified atom stereocenters. The first-order valence-corrected chi connectivity index (χ1v) is 6.36. The predicted molar refractivity (Wildman–Crippen MR) is 68.6 cm³/mol. The van der Waals surface area contributed by atoms with Gasteiger partial charge in [0.2, 0.25) is 5.91 Å². The van der Waals surface area contributed by atoms with Crippen molar-refractivity contribution in [3.63, 3.8) is 0 Å². The molecule has 19 heavy (non-hydrogen) atoms. The Morgan fingerprint density at radius 1 is 1.37 bits per heavy atom. The fraction of sp³-hybridized carbons (Fsp3) is 0.500. The smallest absolute Gasteiger partial charge is 0.249 e. The SMILES string of the molecule is CCO[C@H](C)C(=O)N[C@H](CC)c1cc(F)ccc1F. The third kappa shape index (κ3) is 4.28. The van der Waals surface area contributed by atoms with Gasteiger partial charge in [-0.05, 0) is 38.5 Å². The Morgan fingerprint density at radius 3 is 2.63 bits per heavy atom. The highest BCUT2D eigenvalue weighted by Crippen LogP contribution is 2.21. The van der Waals surface area contributed by atoms with Crippen LogP contribution in [0.5, 0.6) is 0 Å². The number of hydrogen-bond acceptors (Lipinski definition) is 2. The maximum atomic E-state index is 13.7. The molecule has 0 aliphatic rings. The van der Waals surface area contributed by atoms with E-state index in [1.54, 1.807) is 20.8 Å². The molecule has 5 heteroatoms. The van der Waals surface area contributed by atoms with E-state index in [-0.39, 0.29) is 11.5 Å². The van der Waals surface area contributed by atoms with Crippen molar-refractivity contribution in [3.05, 3.63) is 35.4 Å². The lowest BCUT2D eigenvalue weighted by Gasteiger charge is -2.20. The molecule has 1 rings (SSSR count). The van der Waals surface area contributed by atoms with Crippen molar-refractivity contribution in [1.82, 2.24) is 5.32 Å². The topological polar surface area (TPSA) is 38.3 Å². The molecule has 0 aliphatic heterocycles. The number of amides is 1. The number of ether oxygens (including phenoxy) is 1. The quantitative estimate of drug-likeness (QED) is 0.864. The fourth-order valence-electron chi connectivity index (χ4n) is 1.80. The van der Waals surface area contributed by atoms with E-state index < -0.39 is 23.8 Å². The Kier molecular flexibility index (Phi) is 5.89. The zero-order valence-corrected chi connectivity index (χ0v) is 11.4. The Morgan fingerprint density at radius 2 is 2.05 bits per heavy atom. The summed E-state index contributed by atoms with van der Waals surface area (Å²) in [4.78, 5) is 11.8. The summed E-state index contributed by atoms with van der Waals surface area (Å²) in [6.45, 7) is 5.61. The molecule has 3 nitrogen and oxygen atoms in total. The van der Waals surface area contributed by atoms with Gasteiger partial charge in [0.05, 0.1) is 6.04 Å². The molecular formula is C14H19F2NO2. The summed E-state index contributed by atoms with van der Waals surface area (Å²) < 4.78 is 32.0. The molecule has 0 radical (unpaired) electrons. The van der Waals surface area contributed by atoms with Crippen LogP contribution in [0, 0.1) is 11.6 Å². The molecular weight excluding hydrogens is 252 g/mol. The third-order valence-electron chi connectivity index (χ3n) is 2.84. The summed E-state index contributed by atoms with van der Waals surface area (Å²) in [5.74, 6) is -1.39. The van der Waals surface area contributed by atoms with Crippen LogP contribution in [0.3, 0.4) is 0 Å². The second-order valence-corrected chi connectivity index (χ2v) is 4.23. The molecule has 0 heterocycles. The minimum absolute atomic E-state index is 0.152. The van der Waals surface area contributed by atoms with Gasteiger partial charge in [0.25, 0.3) is 0 Å². The zero-order chi connectivity index (χ0) is 14.4. The molecule has 0 saturated heterocycles. The molecule has 0 aromatic heterocycles. The van der Waals surface area contributed by atoms with Gasteiger partial charge in [-0.2, -0.15) is 0 Å². The lowest BCUT2D eigenvalue weighted by molar-refractivity contribution is -0.132. The molecule has 1 amide bonds. The molecule has 1 aromatic carbocycles. The number of rotatable bonds is 6. The first kappa shape index (κ1) is 15.6. The van der Waals surface area contributed by atoms with Crippen LogP contribution in [-0.2, 0) is 9.53 Å². The van der Waals surface area contributed by atoms with Crippen molar-refractivity contribution in [2.75, 3.05) is 6.61 Å². The first-order chi connectivity index (χ1) is 8.99. The number of nitrogens with one attached hydrogen (secondary N) is 1. The maximum absolute atomic E-state index is 13.7. The molecule has 0 saturated carbocycles. The van der Waals surface area contributed by atoms with Crippen LogP contribution in [0.25, 0.3) is 0 Å². The van der Waals surface area contributed by atoms with Crippen LogP contribution in [0.1, 0.15) is 38.8 Å². The van der Waals surface area contributed by atoms with Crippen molar-refractivity contribution in [2.45, 2.75) is 39.3 Å².